The highest BCUT2D eigenvalue weighted by atomic mass is 16.5. The van der Waals surface area contributed by atoms with Crippen molar-refractivity contribution in [2.45, 2.75) is 32.1 Å². The number of imidazole rings is 1. The minimum Gasteiger partial charge on any atom is -0.339 e. The molecule has 4 rings (SSSR count). The molecule has 0 saturated carbocycles. The first-order chi connectivity index (χ1) is 11.8. The first-order valence-electron chi connectivity index (χ1n) is 8.15. The Bertz CT molecular complexity index is 870. The zero-order valence-electron chi connectivity index (χ0n) is 13.4. The summed E-state index contributed by atoms with van der Waals surface area (Å²) in [5, 5.41) is 4.06. The summed E-state index contributed by atoms with van der Waals surface area (Å²) < 4.78 is 7.00. The molecule has 0 aromatic carbocycles. The van der Waals surface area contributed by atoms with Crippen LogP contribution in [0.2, 0.25) is 0 Å². The Hall–Kier alpha value is -2.77. The molecule has 1 amide bonds. The van der Waals surface area contributed by atoms with Gasteiger partial charge in [-0.1, -0.05) is 12.1 Å². The summed E-state index contributed by atoms with van der Waals surface area (Å²) in [6, 6.07) is 0. The average Bonchev–Trinajstić information content (AvgIpc) is 3.30. The maximum atomic E-state index is 12.9. The number of nitrogens with zero attached hydrogens (tertiary/aromatic N) is 6. The molecule has 1 unspecified atom stereocenters. The van der Waals surface area contributed by atoms with E-state index in [-0.39, 0.29) is 11.8 Å². The van der Waals surface area contributed by atoms with Gasteiger partial charge < -0.3 is 13.8 Å². The van der Waals surface area contributed by atoms with E-state index in [1.165, 1.54) is 0 Å². The second kappa shape index (κ2) is 6.03. The Morgan fingerprint density at radius 3 is 2.96 bits per heavy atom. The third-order valence-electron chi connectivity index (χ3n) is 4.37. The van der Waals surface area contributed by atoms with Crippen LogP contribution in [0.25, 0.3) is 5.65 Å². The number of amides is 1. The predicted molar refractivity (Wildman–Crippen MR) is 84.5 cm³/mol. The number of aryl methyl sites for hydroxylation is 1. The lowest BCUT2D eigenvalue weighted by molar-refractivity contribution is 0.0699. The van der Waals surface area contributed by atoms with E-state index in [2.05, 4.69) is 20.1 Å². The van der Waals surface area contributed by atoms with E-state index in [9.17, 15) is 4.79 Å². The van der Waals surface area contributed by atoms with E-state index < -0.39 is 0 Å². The number of rotatable bonds is 3. The second-order valence-corrected chi connectivity index (χ2v) is 5.92. The summed E-state index contributed by atoms with van der Waals surface area (Å²) in [5.74, 6) is 1.33. The van der Waals surface area contributed by atoms with Crippen molar-refractivity contribution in [2.24, 2.45) is 0 Å². The van der Waals surface area contributed by atoms with Crippen molar-refractivity contribution in [1.82, 2.24) is 29.4 Å². The molecule has 1 aliphatic rings. The molecule has 124 valence electrons. The number of piperidine rings is 1. The fourth-order valence-electron chi connectivity index (χ4n) is 3.10. The highest BCUT2D eigenvalue weighted by molar-refractivity contribution is 5.97. The quantitative estimate of drug-likeness (QED) is 0.727. The monoisotopic (exact) mass is 326 g/mol. The predicted octanol–water partition coefficient (Wildman–Crippen LogP) is 1.69. The number of likely N-dealkylation sites (tertiary alicyclic amines) is 1. The Kier molecular flexibility index (Phi) is 3.72. The molecule has 1 atom stereocenters. The molecule has 1 fully saturated rings. The van der Waals surface area contributed by atoms with Crippen molar-refractivity contribution in [3.8, 4) is 0 Å². The highest BCUT2D eigenvalue weighted by Gasteiger charge is 2.30. The van der Waals surface area contributed by atoms with Crippen LogP contribution in [0.15, 0.2) is 29.3 Å². The summed E-state index contributed by atoms with van der Waals surface area (Å²) in [5.41, 5.74) is 0.961. The summed E-state index contributed by atoms with van der Waals surface area (Å²) in [6.07, 6.45) is 9.45. The molecular weight excluding hydrogens is 308 g/mol. The van der Waals surface area contributed by atoms with Gasteiger partial charge in [-0.15, -0.1) is 0 Å². The third-order valence-corrected chi connectivity index (χ3v) is 4.37. The number of fused-ring (bicyclic) bond motifs is 1. The first-order valence-corrected chi connectivity index (χ1v) is 8.15. The Labute approximate surface area is 138 Å². The molecular formula is C16H18N6O2. The topological polar surface area (TPSA) is 89.4 Å². The minimum atomic E-state index is -0.101. The molecule has 24 heavy (non-hydrogen) atoms. The van der Waals surface area contributed by atoms with Crippen molar-refractivity contribution in [3.63, 3.8) is 0 Å². The Morgan fingerprint density at radius 2 is 2.17 bits per heavy atom. The van der Waals surface area contributed by atoms with Crippen molar-refractivity contribution in [1.29, 1.82) is 0 Å². The van der Waals surface area contributed by atoms with E-state index >= 15 is 0 Å². The van der Waals surface area contributed by atoms with Gasteiger partial charge in [0.25, 0.3) is 5.91 Å². The summed E-state index contributed by atoms with van der Waals surface area (Å²) in [6.45, 7) is 3.26. The maximum Gasteiger partial charge on any atom is 0.276 e. The van der Waals surface area contributed by atoms with Crippen molar-refractivity contribution >= 4 is 11.6 Å². The lowest BCUT2D eigenvalue weighted by Gasteiger charge is -2.31. The first kappa shape index (κ1) is 14.8. The summed E-state index contributed by atoms with van der Waals surface area (Å²) in [7, 11) is 0. The largest absolute Gasteiger partial charge is 0.339 e. The van der Waals surface area contributed by atoms with Gasteiger partial charge in [0, 0.05) is 50.2 Å². The number of hydrogen-bond acceptors (Lipinski definition) is 6. The maximum absolute atomic E-state index is 12.9. The van der Waals surface area contributed by atoms with Gasteiger partial charge in [-0.2, -0.15) is 4.98 Å². The highest BCUT2D eigenvalue weighted by Crippen LogP contribution is 2.26. The van der Waals surface area contributed by atoms with Crippen LogP contribution in [0.3, 0.4) is 0 Å². The van der Waals surface area contributed by atoms with E-state index in [0.29, 0.717) is 42.6 Å². The Morgan fingerprint density at radius 1 is 1.33 bits per heavy atom. The number of carbonyl (C=O) groups is 1. The number of aromatic nitrogens is 5. The summed E-state index contributed by atoms with van der Waals surface area (Å²) >= 11 is 0. The van der Waals surface area contributed by atoms with Gasteiger partial charge in [-0.25, -0.2) is 9.97 Å². The van der Waals surface area contributed by atoms with Crippen LogP contribution >= 0.6 is 0 Å². The SMILES string of the molecule is CCc1nc(C2CCCN(C(=O)c3nccn4ccnc34)C2)no1. The molecule has 8 heteroatoms. The molecule has 8 nitrogen and oxygen atoms in total. The Balaban J connectivity index is 1.57. The van der Waals surface area contributed by atoms with E-state index in [1.807, 2.05) is 11.8 Å². The molecule has 1 saturated heterocycles. The van der Waals surface area contributed by atoms with Gasteiger partial charge in [-0.05, 0) is 12.8 Å². The molecule has 0 bridgehead atoms. The van der Waals surface area contributed by atoms with Crippen LogP contribution in [0.4, 0.5) is 0 Å². The van der Waals surface area contributed by atoms with Crippen molar-refractivity contribution < 1.29 is 9.32 Å². The van der Waals surface area contributed by atoms with Gasteiger partial charge in [0.15, 0.2) is 17.2 Å². The molecule has 4 heterocycles. The van der Waals surface area contributed by atoms with Crippen LogP contribution < -0.4 is 0 Å². The van der Waals surface area contributed by atoms with Crippen LogP contribution in [0.1, 0.15) is 47.9 Å². The molecule has 3 aromatic heterocycles. The zero-order valence-corrected chi connectivity index (χ0v) is 13.4. The molecule has 1 aliphatic heterocycles. The molecule has 3 aromatic rings. The fraction of sp³-hybridized carbons (Fsp3) is 0.438. The molecule has 0 radical (unpaired) electrons. The molecule has 0 spiro atoms. The van der Waals surface area contributed by atoms with Crippen molar-refractivity contribution in [2.75, 3.05) is 13.1 Å². The van der Waals surface area contributed by atoms with Crippen LogP contribution in [-0.4, -0.2) is 48.4 Å². The zero-order chi connectivity index (χ0) is 16.5. The van der Waals surface area contributed by atoms with E-state index in [4.69, 9.17) is 4.52 Å². The average molecular weight is 326 g/mol. The van der Waals surface area contributed by atoms with E-state index in [1.54, 1.807) is 29.2 Å². The smallest absolute Gasteiger partial charge is 0.276 e. The standard InChI is InChI=1S/C16H18N6O2/c1-2-12-19-14(20-24-12)11-4-3-7-22(10-11)16(23)13-15-18-6-9-21(15)8-5-17-13/h5-6,8-9,11H,2-4,7,10H2,1H3. The van der Waals surface area contributed by atoms with Crippen molar-refractivity contribution in [3.05, 3.63) is 42.2 Å². The lowest BCUT2D eigenvalue weighted by atomic mass is 9.97. The number of carbonyl (C=O) groups excluding carboxylic acids is 1. The van der Waals surface area contributed by atoms with Gasteiger partial charge in [0.1, 0.15) is 0 Å². The normalized spacial score (nSPS) is 18.2. The number of hydrogen-bond donors (Lipinski definition) is 0. The van der Waals surface area contributed by atoms with Crippen LogP contribution in [0, 0.1) is 0 Å². The van der Waals surface area contributed by atoms with Gasteiger partial charge >= 0.3 is 0 Å². The summed E-state index contributed by atoms with van der Waals surface area (Å²) in [4.78, 5) is 27.6. The second-order valence-electron chi connectivity index (χ2n) is 5.92. The van der Waals surface area contributed by atoms with Gasteiger partial charge in [0.05, 0.1) is 0 Å². The van der Waals surface area contributed by atoms with Gasteiger partial charge in [0.2, 0.25) is 5.89 Å². The minimum absolute atomic E-state index is 0.101. The molecule has 0 aliphatic carbocycles. The fourth-order valence-corrected chi connectivity index (χ4v) is 3.10. The molecule has 0 N–H and O–H groups in total. The lowest BCUT2D eigenvalue weighted by Crippen LogP contribution is -2.40. The van der Waals surface area contributed by atoms with Crippen LogP contribution in [-0.2, 0) is 6.42 Å². The van der Waals surface area contributed by atoms with Gasteiger partial charge in [-0.3, -0.25) is 4.79 Å². The third kappa shape index (κ3) is 2.53. The van der Waals surface area contributed by atoms with E-state index in [0.717, 1.165) is 12.8 Å². The van der Waals surface area contributed by atoms with Crippen LogP contribution in [0.5, 0.6) is 0 Å².